The zero-order valence-electron chi connectivity index (χ0n) is 9.44. The summed E-state index contributed by atoms with van der Waals surface area (Å²) in [6.45, 7) is 2.87. The van der Waals surface area contributed by atoms with Crippen LogP contribution in [0, 0.1) is 0 Å². The van der Waals surface area contributed by atoms with Crippen molar-refractivity contribution in [3.05, 3.63) is 0 Å². The molecule has 1 heterocycles. The standard InChI is InChI=1S/C11H22F2N2/c1-9(15-8-11(12)13)7-10-5-3-2-4-6-14-10/h9-11,14-15H,2-8H2,1H3. The molecular formula is C11H22F2N2. The Morgan fingerprint density at radius 3 is 2.87 bits per heavy atom. The molecule has 1 fully saturated rings. The second-order valence-electron chi connectivity index (χ2n) is 4.44. The summed E-state index contributed by atoms with van der Waals surface area (Å²) >= 11 is 0. The van der Waals surface area contributed by atoms with Crippen molar-refractivity contribution in [1.82, 2.24) is 10.6 Å². The highest BCUT2D eigenvalue weighted by atomic mass is 19.3. The van der Waals surface area contributed by atoms with Crippen LogP contribution >= 0.6 is 0 Å². The molecule has 2 N–H and O–H groups in total. The van der Waals surface area contributed by atoms with Gasteiger partial charge in [-0.05, 0) is 32.7 Å². The van der Waals surface area contributed by atoms with Gasteiger partial charge in [0.05, 0.1) is 6.54 Å². The molecule has 2 unspecified atom stereocenters. The summed E-state index contributed by atoms with van der Waals surface area (Å²) in [6.07, 6.45) is 3.69. The van der Waals surface area contributed by atoms with Gasteiger partial charge in [-0.25, -0.2) is 8.78 Å². The van der Waals surface area contributed by atoms with E-state index in [1.165, 1.54) is 25.7 Å². The van der Waals surface area contributed by atoms with Gasteiger partial charge in [0, 0.05) is 12.1 Å². The van der Waals surface area contributed by atoms with E-state index in [0.29, 0.717) is 6.04 Å². The van der Waals surface area contributed by atoms with Crippen LogP contribution in [0.25, 0.3) is 0 Å². The van der Waals surface area contributed by atoms with Crippen LogP contribution in [0.5, 0.6) is 0 Å². The number of hydrogen-bond acceptors (Lipinski definition) is 2. The molecule has 0 aromatic carbocycles. The van der Waals surface area contributed by atoms with Crippen LogP contribution in [0.1, 0.15) is 39.0 Å². The van der Waals surface area contributed by atoms with Gasteiger partial charge in [0.1, 0.15) is 0 Å². The van der Waals surface area contributed by atoms with E-state index < -0.39 is 6.43 Å². The summed E-state index contributed by atoms with van der Waals surface area (Å²) in [5.74, 6) is 0. The van der Waals surface area contributed by atoms with Gasteiger partial charge in [0.15, 0.2) is 0 Å². The Hall–Kier alpha value is -0.220. The van der Waals surface area contributed by atoms with E-state index in [-0.39, 0.29) is 12.6 Å². The minimum Gasteiger partial charge on any atom is -0.314 e. The van der Waals surface area contributed by atoms with Crippen LogP contribution in [0.4, 0.5) is 8.78 Å². The second-order valence-corrected chi connectivity index (χ2v) is 4.44. The van der Waals surface area contributed by atoms with Crippen molar-refractivity contribution < 1.29 is 8.78 Å². The van der Waals surface area contributed by atoms with E-state index in [4.69, 9.17) is 0 Å². The Morgan fingerprint density at radius 2 is 2.13 bits per heavy atom. The van der Waals surface area contributed by atoms with Crippen LogP contribution in [-0.4, -0.2) is 31.6 Å². The highest BCUT2D eigenvalue weighted by molar-refractivity contribution is 4.75. The van der Waals surface area contributed by atoms with E-state index >= 15 is 0 Å². The Bertz CT molecular complexity index is 157. The molecule has 4 heteroatoms. The minimum absolute atomic E-state index is 0.176. The Morgan fingerprint density at radius 1 is 1.33 bits per heavy atom. The molecule has 0 saturated carbocycles. The molecule has 1 aliphatic heterocycles. The van der Waals surface area contributed by atoms with Gasteiger partial charge in [0.2, 0.25) is 0 Å². The monoisotopic (exact) mass is 220 g/mol. The summed E-state index contributed by atoms with van der Waals surface area (Å²) in [4.78, 5) is 0. The molecule has 90 valence electrons. The fourth-order valence-electron chi connectivity index (χ4n) is 2.10. The van der Waals surface area contributed by atoms with Gasteiger partial charge < -0.3 is 10.6 Å². The molecule has 1 saturated heterocycles. The Kier molecular flexibility index (Phi) is 6.10. The van der Waals surface area contributed by atoms with Gasteiger partial charge in [-0.1, -0.05) is 12.8 Å². The molecule has 1 aliphatic rings. The minimum atomic E-state index is -2.24. The lowest BCUT2D eigenvalue weighted by atomic mass is 10.0. The normalized spacial score (nSPS) is 25.2. The quantitative estimate of drug-likeness (QED) is 0.742. The van der Waals surface area contributed by atoms with Crippen molar-refractivity contribution in [2.75, 3.05) is 13.1 Å². The van der Waals surface area contributed by atoms with Crippen molar-refractivity contribution in [2.24, 2.45) is 0 Å². The molecule has 1 rings (SSSR count). The molecule has 2 nitrogen and oxygen atoms in total. The summed E-state index contributed by atoms with van der Waals surface area (Å²) in [6, 6.07) is 0.683. The van der Waals surface area contributed by atoms with E-state index in [1.54, 1.807) is 0 Å². The Labute approximate surface area is 90.8 Å². The van der Waals surface area contributed by atoms with Crippen LogP contribution < -0.4 is 10.6 Å². The second kappa shape index (κ2) is 7.12. The molecule has 2 atom stereocenters. The van der Waals surface area contributed by atoms with Crippen LogP contribution in [0.15, 0.2) is 0 Å². The lowest BCUT2D eigenvalue weighted by Gasteiger charge is -2.21. The van der Waals surface area contributed by atoms with Crippen LogP contribution in [0.3, 0.4) is 0 Å². The highest BCUT2D eigenvalue weighted by Crippen LogP contribution is 2.12. The van der Waals surface area contributed by atoms with Crippen molar-refractivity contribution in [2.45, 2.75) is 57.5 Å². The van der Waals surface area contributed by atoms with Crippen molar-refractivity contribution >= 4 is 0 Å². The smallest absolute Gasteiger partial charge is 0.250 e. The van der Waals surface area contributed by atoms with Gasteiger partial charge in [-0.15, -0.1) is 0 Å². The molecule has 0 amide bonds. The lowest BCUT2D eigenvalue weighted by molar-refractivity contribution is 0.140. The Balaban J connectivity index is 2.14. The van der Waals surface area contributed by atoms with Gasteiger partial charge in [0.25, 0.3) is 6.43 Å². The first-order chi connectivity index (χ1) is 7.18. The topological polar surface area (TPSA) is 24.1 Å². The van der Waals surface area contributed by atoms with Crippen molar-refractivity contribution in [3.63, 3.8) is 0 Å². The van der Waals surface area contributed by atoms with Gasteiger partial charge >= 0.3 is 0 Å². The highest BCUT2D eigenvalue weighted by Gasteiger charge is 2.15. The number of alkyl halides is 2. The lowest BCUT2D eigenvalue weighted by Crippen LogP contribution is -2.38. The predicted molar refractivity (Wildman–Crippen MR) is 58.3 cm³/mol. The zero-order chi connectivity index (χ0) is 11.1. The number of rotatable bonds is 5. The fraction of sp³-hybridized carbons (Fsp3) is 1.00. The zero-order valence-corrected chi connectivity index (χ0v) is 9.44. The van der Waals surface area contributed by atoms with Crippen molar-refractivity contribution in [1.29, 1.82) is 0 Å². The maximum Gasteiger partial charge on any atom is 0.250 e. The molecule has 0 aromatic heterocycles. The molecule has 0 radical (unpaired) electrons. The first-order valence-electron chi connectivity index (χ1n) is 5.93. The number of halogens is 2. The van der Waals surface area contributed by atoms with E-state index in [9.17, 15) is 8.78 Å². The molecule has 0 aliphatic carbocycles. The summed E-state index contributed by atoms with van der Waals surface area (Å²) < 4.78 is 23.9. The third kappa shape index (κ3) is 6.05. The van der Waals surface area contributed by atoms with E-state index in [1.807, 2.05) is 6.92 Å². The first kappa shape index (κ1) is 12.8. The third-order valence-electron chi connectivity index (χ3n) is 2.92. The van der Waals surface area contributed by atoms with Crippen molar-refractivity contribution in [3.8, 4) is 0 Å². The summed E-state index contributed by atoms with van der Waals surface area (Å²) in [5, 5.41) is 6.33. The maximum atomic E-state index is 12.0. The number of hydrogen-bond donors (Lipinski definition) is 2. The third-order valence-corrected chi connectivity index (χ3v) is 2.92. The number of nitrogens with one attached hydrogen (secondary N) is 2. The predicted octanol–water partition coefficient (Wildman–Crippen LogP) is 2.15. The first-order valence-corrected chi connectivity index (χ1v) is 5.93. The summed E-state index contributed by atoms with van der Waals surface area (Å²) in [5.41, 5.74) is 0. The molecule has 0 bridgehead atoms. The van der Waals surface area contributed by atoms with Gasteiger partial charge in [-0.3, -0.25) is 0 Å². The van der Waals surface area contributed by atoms with E-state index in [2.05, 4.69) is 10.6 Å². The molecule has 0 spiro atoms. The average Bonchev–Trinajstić information content (AvgIpc) is 2.43. The molecular weight excluding hydrogens is 198 g/mol. The van der Waals surface area contributed by atoms with E-state index in [0.717, 1.165) is 13.0 Å². The molecule has 0 aromatic rings. The SMILES string of the molecule is CC(CC1CCCCCN1)NCC(F)F. The average molecular weight is 220 g/mol. The molecule has 15 heavy (non-hydrogen) atoms. The van der Waals surface area contributed by atoms with Gasteiger partial charge in [-0.2, -0.15) is 0 Å². The van der Waals surface area contributed by atoms with Crippen LogP contribution in [-0.2, 0) is 0 Å². The maximum absolute atomic E-state index is 12.0. The summed E-state index contributed by atoms with van der Waals surface area (Å²) in [7, 11) is 0. The fourth-order valence-corrected chi connectivity index (χ4v) is 2.10. The largest absolute Gasteiger partial charge is 0.314 e. The van der Waals surface area contributed by atoms with Crippen LogP contribution in [0.2, 0.25) is 0 Å².